The smallest absolute Gasteiger partial charge is 0.0520 e. The summed E-state index contributed by atoms with van der Waals surface area (Å²) < 4.78 is 11.4. The number of hydrogen-bond acceptors (Lipinski definition) is 2. The molecule has 13 heavy (non-hydrogen) atoms. The maximum absolute atomic E-state index is 11.4. The molecule has 2 nitrogen and oxygen atoms in total. The molecule has 2 rings (SSSR count). The highest BCUT2D eigenvalue weighted by atomic mass is 32.2. The monoisotopic (exact) mass is 201 g/mol. The number of nitrogens with two attached hydrogens (primary N) is 1. The van der Waals surface area contributed by atoms with E-state index in [2.05, 4.69) is 13.8 Å². The normalized spacial score (nSPS) is 55.3. The lowest BCUT2D eigenvalue weighted by Gasteiger charge is -2.10. The Bertz CT molecular complexity index is 231. The van der Waals surface area contributed by atoms with Gasteiger partial charge < -0.3 is 5.73 Å². The van der Waals surface area contributed by atoms with Crippen molar-refractivity contribution in [1.29, 1.82) is 0 Å². The second kappa shape index (κ2) is 3.35. The van der Waals surface area contributed by atoms with Gasteiger partial charge in [-0.25, -0.2) is 0 Å². The average Bonchev–Trinajstić information content (AvgIpc) is 2.56. The minimum Gasteiger partial charge on any atom is -0.330 e. The maximum atomic E-state index is 11.4. The van der Waals surface area contributed by atoms with Gasteiger partial charge in [0, 0.05) is 16.0 Å². The molecule has 1 heterocycles. The second-order valence-corrected chi connectivity index (χ2v) is 6.65. The lowest BCUT2D eigenvalue weighted by atomic mass is 9.99. The molecule has 0 aromatic rings. The third-order valence-electron chi connectivity index (χ3n) is 3.87. The van der Waals surface area contributed by atoms with E-state index < -0.39 is 10.8 Å². The highest BCUT2D eigenvalue weighted by molar-refractivity contribution is 7.93. The summed E-state index contributed by atoms with van der Waals surface area (Å²) in [6.07, 6.45) is 2.47. The molecule has 0 amide bonds. The molecule has 0 aromatic carbocycles. The highest BCUT2D eigenvalue weighted by Gasteiger charge is 2.51. The van der Waals surface area contributed by atoms with Gasteiger partial charge in [-0.3, -0.25) is 4.21 Å². The van der Waals surface area contributed by atoms with Crippen molar-refractivity contribution in [3.63, 3.8) is 0 Å². The van der Waals surface area contributed by atoms with E-state index in [1.54, 1.807) is 0 Å². The van der Waals surface area contributed by atoms with Crippen LogP contribution < -0.4 is 5.73 Å². The predicted molar refractivity (Wildman–Crippen MR) is 55.8 cm³/mol. The summed E-state index contributed by atoms with van der Waals surface area (Å²) in [6.45, 7) is 5.21. The fourth-order valence-corrected chi connectivity index (χ4v) is 4.46. The van der Waals surface area contributed by atoms with Crippen molar-refractivity contribution >= 4 is 10.8 Å². The van der Waals surface area contributed by atoms with Gasteiger partial charge in [-0.1, -0.05) is 6.92 Å². The van der Waals surface area contributed by atoms with Crippen LogP contribution in [0.1, 0.15) is 26.7 Å². The van der Waals surface area contributed by atoms with E-state index in [4.69, 9.17) is 5.73 Å². The van der Waals surface area contributed by atoms with Crippen molar-refractivity contribution < 1.29 is 4.21 Å². The Morgan fingerprint density at radius 2 is 2.00 bits per heavy atom. The van der Waals surface area contributed by atoms with Gasteiger partial charge in [0.15, 0.2) is 0 Å². The molecule has 0 aromatic heterocycles. The molecule has 1 aliphatic carbocycles. The minimum absolute atomic E-state index is 0.466. The molecule has 0 spiro atoms. The van der Waals surface area contributed by atoms with Gasteiger partial charge in [-0.2, -0.15) is 0 Å². The molecule has 2 N–H and O–H groups in total. The van der Waals surface area contributed by atoms with Gasteiger partial charge in [0.25, 0.3) is 0 Å². The Labute approximate surface area is 82.7 Å². The quantitative estimate of drug-likeness (QED) is 0.681. The molecule has 6 atom stereocenters. The fraction of sp³-hybridized carbons (Fsp3) is 1.00. The SMILES string of the molecule is CC1CC(C2C(C)S2=O)CC1CN. The van der Waals surface area contributed by atoms with Crippen molar-refractivity contribution in [1.82, 2.24) is 0 Å². The first-order chi connectivity index (χ1) is 6.15. The summed E-state index contributed by atoms with van der Waals surface area (Å²) >= 11 is 0. The topological polar surface area (TPSA) is 43.1 Å². The van der Waals surface area contributed by atoms with Crippen LogP contribution in [0.15, 0.2) is 0 Å². The van der Waals surface area contributed by atoms with Crippen molar-refractivity contribution in [2.45, 2.75) is 37.2 Å². The van der Waals surface area contributed by atoms with E-state index >= 15 is 0 Å². The fourth-order valence-electron chi connectivity index (χ4n) is 2.87. The van der Waals surface area contributed by atoms with Crippen LogP contribution in [0.4, 0.5) is 0 Å². The zero-order valence-electron chi connectivity index (χ0n) is 8.40. The van der Waals surface area contributed by atoms with E-state index in [0.29, 0.717) is 22.3 Å². The van der Waals surface area contributed by atoms with Crippen LogP contribution in [0, 0.1) is 17.8 Å². The van der Waals surface area contributed by atoms with Gasteiger partial charge in [0.1, 0.15) is 0 Å². The molecule has 6 unspecified atom stereocenters. The zero-order valence-corrected chi connectivity index (χ0v) is 9.22. The molecule has 1 aliphatic heterocycles. The van der Waals surface area contributed by atoms with Gasteiger partial charge in [0.2, 0.25) is 0 Å². The first-order valence-electron chi connectivity index (χ1n) is 5.24. The van der Waals surface area contributed by atoms with Gasteiger partial charge in [-0.05, 0) is 44.1 Å². The predicted octanol–water partition coefficient (Wildman–Crippen LogP) is 1.13. The van der Waals surface area contributed by atoms with Crippen LogP contribution in [-0.4, -0.2) is 21.3 Å². The molecular formula is C10H19NOS. The lowest BCUT2D eigenvalue weighted by Crippen LogP contribution is -2.16. The third-order valence-corrected chi connectivity index (χ3v) is 5.91. The molecule has 2 aliphatic rings. The van der Waals surface area contributed by atoms with Crippen LogP contribution in [0.25, 0.3) is 0 Å². The van der Waals surface area contributed by atoms with Crippen LogP contribution in [0.5, 0.6) is 0 Å². The van der Waals surface area contributed by atoms with Gasteiger partial charge >= 0.3 is 0 Å². The molecule has 0 bridgehead atoms. The van der Waals surface area contributed by atoms with Crippen molar-refractivity contribution in [2.75, 3.05) is 6.54 Å². The first kappa shape index (κ1) is 9.66. The summed E-state index contributed by atoms with van der Waals surface area (Å²) in [7, 11) is -0.506. The summed E-state index contributed by atoms with van der Waals surface area (Å²) in [4.78, 5) is 0. The minimum atomic E-state index is -0.506. The van der Waals surface area contributed by atoms with E-state index in [1.165, 1.54) is 12.8 Å². The number of rotatable bonds is 2. The number of hydrogen-bond donors (Lipinski definition) is 1. The Balaban J connectivity index is 1.95. The van der Waals surface area contributed by atoms with Crippen molar-refractivity contribution in [2.24, 2.45) is 23.5 Å². The molecule has 76 valence electrons. The standard InChI is InChI=1S/C10H19NOS/c1-6-3-8(4-9(6)5-11)10-7(2)13(10)12/h6-10H,3-5,11H2,1-2H3. The summed E-state index contributed by atoms with van der Waals surface area (Å²) in [5.41, 5.74) is 5.70. The zero-order chi connectivity index (χ0) is 9.59. The first-order valence-corrected chi connectivity index (χ1v) is 6.52. The molecule has 3 heteroatoms. The Hall–Kier alpha value is 0.110. The van der Waals surface area contributed by atoms with E-state index in [1.807, 2.05) is 0 Å². The molecule has 0 radical (unpaired) electrons. The molecule has 1 saturated carbocycles. The second-order valence-electron chi connectivity index (χ2n) is 4.70. The lowest BCUT2D eigenvalue weighted by molar-refractivity contribution is 0.429. The van der Waals surface area contributed by atoms with E-state index in [-0.39, 0.29) is 0 Å². The summed E-state index contributed by atoms with van der Waals surface area (Å²) in [6, 6.07) is 0. The molecule has 2 fully saturated rings. The van der Waals surface area contributed by atoms with Crippen LogP contribution in [0.3, 0.4) is 0 Å². The van der Waals surface area contributed by atoms with Crippen LogP contribution in [-0.2, 0) is 10.8 Å². The molecular weight excluding hydrogens is 182 g/mol. The summed E-state index contributed by atoms with van der Waals surface area (Å²) in [5.74, 6) is 2.15. The Kier molecular flexibility index (Phi) is 2.49. The van der Waals surface area contributed by atoms with E-state index in [9.17, 15) is 4.21 Å². The van der Waals surface area contributed by atoms with Crippen molar-refractivity contribution in [3.05, 3.63) is 0 Å². The summed E-state index contributed by atoms with van der Waals surface area (Å²) in [5, 5.41) is 0.979. The Morgan fingerprint density at radius 1 is 1.38 bits per heavy atom. The maximum Gasteiger partial charge on any atom is 0.0520 e. The highest BCUT2D eigenvalue weighted by Crippen LogP contribution is 2.46. The van der Waals surface area contributed by atoms with Gasteiger partial charge in [-0.15, -0.1) is 0 Å². The largest absolute Gasteiger partial charge is 0.330 e. The van der Waals surface area contributed by atoms with Gasteiger partial charge in [0.05, 0.1) is 5.25 Å². The van der Waals surface area contributed by atoms with E-state index in [0.717, 1.165) is 12.5 Å². The van der Waals surface area contributed by atoms with Crippen LogP contribution >= 0.6 is 0 Å². The van der Waals surface area contributed by atoms with Crippen LogP contribution in [0.2, 0.25) is 0 Å². The third kappa shape index (κ3) is 1.57. The molecule has 1 saturated heterocycles. The average molecular weight is 201 g/mol. The van der Waals surface area contributed by atoms with Crippen molar-refractivity contribution in [3.8, 4) is 0 Å². The Morgan fingerprint density at radius 3 is 2.38 bits per heavy atom.